The molecule has 4 heteroatoms. The third-order valence-corrected chi connectivity index (χ3v) is 4.05. The van der Waals surface area contributed by atoms with Crippen LogP contribution in [0.1, 0.15) is 24.8 Å². The van der Waals surface area contributed by atoms with Gasteiger partial charge in [-0.05, 0) is 43.4 Å². The Morgan fingerprint density at radius 2 is 1.95 bits per heavy atom. The smallest absolute Gasteiger partial charge is 0.414 e. The van der Waals surface area contributed by atoms with E-state index in [4.69, 9.17) is 4.74 Å². The van der Waals surface area contributed by atoms with Crippen molar-refractivity contribution in [3.63, 3.8) is 0 Å². The standard InChI is InChI=1S/C15H20N2O2/c1-19-15(18)17-10-4-5-12-6-7-13(11-14(12)17)16-8-2-3-9-16/h6-7,11H,2-5,8-10H2,1H3. The van der Waals surface area contributed by atoms with E-state index in [1.54, 1.807) is 4.90 Å². The van der Waals surface area contributed by atoms with Crippen molar-refractivity contribution in [3.05, 3.63) is 23.8 Å². The van der Waals surface area contributed by atoms with Crippen molar-refractivity contribution in [2.45, 2.75) is 25.7 Å². The predicted octanol–water partition coefficient (Wildman–Crippen LogP) is 2.81. The topological polar surface area (TPSA) is 32.8 Å². The molecule has 0 aliphatic carbocycles. The second-order valence-electron chi connectivity index (χ2n) is 5.23. The van der Waals surface area contributed by atoms with Gasteiger partial charge in [-0.3, -0.25) is 4.90 Å². The summed E-state index contributed by atoms with van der Waals surface area (Å²) in [5, 5.41) is 0. The van der Waals surface area contributed by atoms with Crippen molar-refractivity contribution >= 4 is 17.5 Å². The lowest BCUT2D eigenvalue weighted by Crippen LogP contribution is -2.35. The van der Waals surface area contributed by atoms with Gasteiger partial charge in [0, 0.05) is 25.3 Å². The molecule has 0 N–H and O–H groups in total. The van der Waals surface area contributed by atoms with Gasteiger partial charge in [-0.25, -0.2) is 4.79 Å². The van der Waals surface area contributed by atoms with Crippen molar-refractivity contribution in [2.24, 2.45) is 0 Å². The maximum atomic E-state index is 11.9. The van der Waals surface area contributed by atoms with E-state index in [-0.39, 0.29) is 6.09 Å². The number of carbonyl (C=O) groups excluding carboxylic acids is 1. The van der Waals surface area contributed by atoms with Crippen molar-refractivity contribution in [3.8, 4) is 0 Å². The van der Waals surface area contributed by atoms with Gasteiger partial charge in [-0.2, -0.15) is 0 Å². The summed E-state index contributed by atoms with van der Waals surface area (Å²) in [6, 6.07) is 6.50. The summed E-state index contributed by atoms with van der Waals surface area (Å²) in [6.45, 7) is 3.00. The van der Waals surface area contributed by atoms with Crippen LogP contribution in [0.3, 0.4) is 0 Å². The van der Waals surface area contributed by atoms with Crippen molar-refractivity contribution in [2.75, 3.05) is 36.5 Å². The first kappa shape index (κ1) is 12.3. The second-order valence-corrected chi connectivity index (χ2v) is 5.23. The van der Waals surface area contributed by atoms with Crippen molar-refractivity contribution in [1.82, 2.24) is 0 Å². The number of benzene rings is 1. The van der Waals surface area contributed by atoms with Crippen molar-refractivity contribution in [1.29, 1.82) is 0 Å². The Morgan fingerprint density at radius 3 is 2.68 bits per heavy atom. The zero-order valence-electron chi connectivity index (χ0n) is 11.4. The lowest BCUT2D eigenvalue weighted by Gasteiger charge is -2.30. The van der Waals surface area contributed by atoms with Crippen LogP contribution >= 0.6 is 0 Å². The third-order valence-electron chi connectivity index (χ3n) is 4.05. The zero-order chi connectivity index (χ0) is 13.2. The molecule has 1 amide bonds. The van der Waals surface area contributed by atoms with Crippen LogP contribution in [0.25, 0.3) is 0 Å². The summed E-state index contributed by atoms with van der Waals surface area (Å²) in [5.41, 5.74) is 3.51. The lowest BCUT2D eigenvalue weighted by atomic mass is 10.0. The van der Waals surface area contributed by atoms with E-state index in [1.807, 2.05) is 0 Å². The van der Waals surface area contributed by atoms with Gasteiger partial charge in [0.2, 0.25) is 0 Å². The molecule has 0 spiro atoms. The minimum atomic E-state index is -0.250. The quantitative estimate of drug-likeness (QED) is 0.778. The highest BCUT2D eigenvalue weighted by Crippen LogP contribution is 2.32. The highest BCUT2D eigenvalue weighted by Gasteiger charge is 2.24. The van der Waals surface area contributed by atoms with E-state index in [0.717, 1.165) is 38.2 Å². The van der Waals surface area contributed by atoms with Gasteiger partial charge in [0.25, 0.3) is 0 Å². The summed E-state index contributed by atoms with van der Waals surface area (Å²) in [7, 11) is 1.45. The number of amides is 1. The van der Waals surface area contributed by atoms with Crippen LogP contribution in [-0.2, 0) is 11.2 Å². The Bertz CT molecular complexity index is 481. The molecule has 2 heterocycles. The Morgan fingerprint density at radius 1 is 1.16 bits per heavy atom. The molecule has 0 atom stereocenters. The van der Waals surface area contributed by atoms with E-state index >= 15 is 0 Å². The predicted molar refractivity (Wildman–Crippen MR) is 76.0 cm³/mol. The molecule has 4 nitrogen and oxygen atoms in total. The van der Waals surface area contributed by atoms with E-state index < -0.39 is 0 Å². The first-order chi connectivity index (χ1) is 9.29. The Kier molecular flexibility index (Phi) is 3.32. The SMILES string of the molecule is COC(=O)N1CCCc2ccc(N3CCCC3)cc21. The molecule has 0 radical (unpaired) electrons. The molecular formula is C15H20N2O2. The number of anilines is 2. The summed E-state index contributed by atoms with van der Waals surface area (Å²) in [5.74, 6) is 0. The molecule has 19 heavy (non-hydrogen) atoms. The summed E-state index contributed by atoms with van der Waals surface area (Å²) in [6.07, 6.45) is 4.32. The normalized spacial score (nSPS) is 18.4. The number of carbonyl (C=O) groups is 1. The van der Waals surface area contributed by atoms with Crippen LogP contribution in [0, 0.1) is 0 Å². The maximum absolute atomic E-state index is 11.9. The van der Waals surface area contributed by atoms with E-state index in [1.165, 1.54) is 31.2 Å². The number of nitrogens with zero attached hydrogens (tertiary/aromatic N) is 2. The molecule has 2 aliphatic heterocycles. The highest BCUT2D eigenvalue weighted by atomic mass is 16.5. The third kappa shape index (κ3) is 2.27. The molecule has 1 aromatic carbocycles. The van der Waals surface area contributed by atoms with Crippen LogP contribution in [0.4, 0.5) is 16.2 Å². The van der Waals surface area contributed by atoms with Gasteiger partial charge in [-0.1, -0.05) is 6.07 Å². The number of ether oxygens (including phenoxy) is 1. The molecule has 102 valence electrons. The average molecular weight is 260 g/mol. The average Bonchev–Trinajstić information content (AvgIpc) is 2.99. The Labute approximate surface area is 113 Å². The largest absolute Gasteiger partial charge is 0.452 e. The monoisotopic (exact) mass is 260 g/mol. The number of hydrogen-bond acceptors (Lipinski definition) is 3. The molecular weight excluding hydrogens is 240 g/mol. The molecule has 0 saturated carbocycles. The van der Waals surface area contributed by atoms with Crippen LogP contribution in [0.2, 0.25) is 0 Å². The van der Waals surface area contributed by atoms with Gasteiger partial charge in [0.15, 0.2) is 0 Å². The van der Waals surface area contributed by atoms with Gasteiger partial charge in [0.05, 0.1) is 12.8 Å². The lowest BCUT2D eigenvalue weighted by molar-refractivity contribution is 0.178. The van der Waals surface area contributed by atoms with Gasteiger partial charge >= 0.3 is 6.09 Å². The number of hydrogen-bond donors (Lipinski definition) is 0. The van der Waals surface area contributed by atoms with E-state index in [9.17, 15) is 4.79 Å². The number of fused-ring (bicyclic) bond motifs is 1. The Balaban J connectivity index is 1.94. The second kappa shape index (κ2) is 5.11. The van der Waals surface area contributed by atoms with Crippen molar-refractivity contribution < 1.29 is 9.53 Å². The maximum Gasteiger partial charge on any atom is 0.414 e. The van der Waals surface area contributed by atoms with E-state index in [0.29, 0.717) is 0 Å². The molecule has 0 bridgehead atoms. The number of methoxy groups -OCH3 is 1. The van der Waals surface area contributed by atoms with Gasteiger partial charge in [0.1, 0.15) is 0 Å². The van der Waals surface area contributed by atoms with Crippen LogP contribution in [-0.4, -0.2) is 32.8 Å². The fourth-order valence-corrected chi connectivity index (χ4v) is 3.03. The molecule has 1 aromatic rings. The molecule has 1 fully saturated rings. The van der Waals surface area contributed by atoms with Gasteiger partial charge < -0.3 is 9.64 Å². The number of rotatable bonds is 1. The molecule has 0 aromatic heterocycles. The van der Waals surface area contributed by atoms with Crippen LogP contribution < -0.4 is 9.80 Å². The molecule has 1 saturated heterocycles. The first-order valence-electron chi connectivity index (χ1n) is 7.03. The molecule has 3 rings (SSSR count). The molecule has 2 aliphatic rings. The van der Waals surface area contributed by atoms with Crippen LogP contribution in [0.15, 0.2) is 18.2 Å². The minimum Gasteiger partial charge on any atom is -0.452 e. The summed E-state index contributed by atoms with van der Waals surface area (Å²) >= 11 is 0. The fourth-order valence-electron chi connectivity index (χ4n) is 3.03. The van der Waals surface area contributed by atoms with Crippen LogP contribution in [0.5, 0.6) is 0 Å². The van der Waals surface area contributed by atoms with E-state index in [2.05, 4.69) is 23.1 Å². The minimum absolute atomic E-state index is 0.250. The fraction of sp³-hybridized carbons (Fsp3) is 0.533. The summed E-state index contributed by atoms with van der Waals surface area (Å²) in [4.78, 5) is 16.0. The Hall–Kier alpha value is -1.71. The summed E-state index contributed by atoms with van der Waals surface area (Å²) < 4.78 is 4.89. The highest BCUT2D eigenvalue weighted by molar-refractivity contribution is 5.90. The first-order valence-corrected chi connectivity index (χ1v) is 7.03. The number of aryl methyl sites for hydroxylation is 1. The molecule has 0 unspecified atom stereocenters. The zero-order valence-corrected chi connectivity index (χ0v) is 11.4. The van der Waals surface area contributed by atoms with Gasteiger partial charge in [-0.15, -0.1) is 0 Å².